The minimum absolute atomic E-state index is 0.234. The van der Waals surface area contributed by atoms with E-state index in [1.54, 1.807) is 49.5 Å². The van der Waals surface area contributed by atoms with Crippen LogP contribution in [-0.4, -0.2) is 27.9 Å². The molecule has 0 spiro atoms. The smallest absolute Gasteiger partial charge is 0.338 e. The fraction of sp³-hybridized carbons (Fsp3) is 0.167. The predicted molar refractivity (Wildman–Crippen MR) is 90.3 cm³/mol. The minimum Gasteiger partial charge on any atom is -0.462 e. The Kier molecular flexibility index (Phi) is 4.29. The van der Waals surface area contributed by atoms with Crippen molar-refractivity contribution in [3.63, 3.8) is 0 Å². The Hall–Kier alpha value is -3.15. The lowest BCUT2D eigenvalue weighted by molar-refractivity contribution is 0.0526. The highest BCUT2D eigenvalue weighted by Crippen LogP contribution is 2.14. The zero-order valence-corrected chi connectivity index (χ0v) is 13.4. The van der Waals surface area contributed by atoms with Gasteiger partial charge in [-0.15, -0.1) is 0 Å². The molecule has 2 heterocycles. The number of esters is 1. The number of hydrogen-bond donors (Lipinski definition) is 1. The third kappa shape index (κ3) is 3.27. The summed E-state index contributed by atoms with van der Waals surface area (Å²) in [4.78, 5) is 28.3. The van der Waals surface area contributed by atoms with Gasteiger partial charge in [-0.05, 0) is 50.2 Å². The quantitative estimate of drug-likeness (QED) is 0.749. The van der Waals surface area contributed by atoms with Gasteiger partial charge in [-0.2, -0.15) is 0 Å². The van der Waals surface area contributed by atoms with E-state index in [1.165, 1.54) is 0 Å². The first-order valence-electron chi connectivity index (χ1n) is 7.60. The molecule has 24 heavy (non-hydrogen) atoms. The summed E-state index contributed by atoms with van der Waals surface area (Å²) in [5.74, 6) is -0.613. The molecule has 6 nitrogen and oxygen atoms in total. The summed E-state index contributed by atoms with van der Waals surface area (Å²) >= 11 is 0. The van der Waals surface area contributed by atoms with Crippen LogP contribution in [0.1, 0.15) is 33.3 Å². The van der Waals surface area contributed by atoms with Crippen molar-refractivity contribution in [3.8, 4) is 0 Å². The molecule has 1 N–H and O–H groups in total. The van der Waals surface area contributed by atoms with Crippen molar-refractivity contribution in [3.05, 3.63) is 65.6 Å². The van der Waals surface area contributed by atoms with E-state index in [2.05, 4.69) is 10.3 Å². The summed E-state index contributed by atoms with van der Waals surface area (Å²) < 4.78 is 6.79. The molecule has 3 aromatic rings. The van der Waals surface area contributed by atoms with Gasteiger partial charge in [-0.3, -0.25) is 4.79 Å². The van der Waals surface area contributed by atoms with E-state index >= 15 is 0 Å². The Labute approximate surface area is 139 Å². The van der Waals surface area contributed by atoms with Gasteiger partial charge in [0, 0.05) is 23.6 Å². The van der Waals surface area contributed by atoms with Crippen LogP contribution < -0.4 is 5.32 Å². The summed E-state index contributed by atoms with van der Waals surface area (Å²) in [5.41, 5.74) is 3.18. The van der Waals surface area contributed by atoms with Gasteiger partial charge in [0.25, 0.3) is 5.91 Å². The average molecular weight is 323 g/mol. The topological polar surface area (TPSA) is 72.7 Å². The van der Waals surface area contributed by atoms with Gasteiger partial charge in [0.1, 0.15) is 5.65 Å². The fourth-order valence-electron chi connectivity index (χ4n) is 2.36. The normalized spacial score (nSPS) is 10.6. The van der Waals surface area contributed by atoms with Gasteiger partial charge in [-0.1, -0.05) is 0 Å². The number of nitrogens with zero attached hydrogens (tertiary/aromatic N) is 2. The van der Waals surface area contributed by atoms with Crippen molar-refractivity contribution < 1.29 is 14.3 Å². The molecule has 0 unspecified atom stereocenters. The number of benzene rings is 1. The van der Waals surface area contributed by atoms with Gasteiger partial charge in [-0.25, -0.2) is 9.78 Å². The van der Waals surface area contributed by atoms with Crippen molar-refractivity contribution in [2.75, 3.05) is 11.9 Å². The van der Waals surface area contributed by atoms with E-state index in [1.807, 2.05) is 17.5 Å². The van der Waals surface area contributed by atoms with Crippen LogP contribution in [0.25, 0.3) is 5.65 Å². The summed E-state index contributed by atoms with van der Waals surface area (Å²) in [6.45, 7) is 3.98. The number of amides is 1. The van der Waals surface area contributed by atoms with E-state index in [-0.39, 0.29) is 11.9 Å². The van der Waals surface area contributed by atoms with E-state index in [4.69, 9.17) is 4.74 Å². The van der Waals surface area contributed by atoms with Crippen LogP contribution in [0.3, 0.4) is 0 Å². The highest BCUT2D eigenvalue weighted by Gasteiger charge is 2.10. The van der Waals surface area contributed by atoms with E-state index in [0.717, 1.165) is 11.3 Å². The standard InChI is InChI=1S/C18H17N3O3/c1-3-24-18(23)13-4-6-15(7-5-13)20-17(22)14-8-9-21-11-12(2)19-16(21)10-14/h4-11H,3H2,1-2H3,(H,20,22). The number of carbonyl (C=O) groups excluding carboxylic acids is 2. The Morgan fingerprint density at radius 2 is 1.92 bits per heavy atom. The molecule has 0 saturated carbocycles. The minimum atomic E-state index is -0.379. The van der Waals surface area contributed by atoms with Crippen LogP contribution in [0.4, 0.5) is 5.69 Å². The molecule has 0 aliphatic carbocycles. The first-order valence-corrected chi connectivity index (χ1v) is 7.60. The summed E-state index contributed by atoms with van der Waals surface area (Å²) in [7, 11) is 0. The van der Waals surface area contributed by atoms with Crippen LogP contribution in [0.15, 0.2) is 48.8 Å². The number of anilines is 1. The molecule has 0 fully saturated rings. The monoisotopic (exact) mass is 323 g/mol. The predicted octanol–water partition coefficient (Wildman–Crippen LogP) is 3.07. The SMILES string of the molecule is CCOC(=O)c1ccc(NC(=O)c2ccn3cc(C)nc3c2)cc1. The number of hydrogen-bond acceptors (Lipinski definition) is 4. The molecule has 0 aliphatic heterocycles. The number of aromatic nitrogens is 2. The number of carbonyl (C=O) groups is 2. The van der Waals surface area contributed by atoms with Crippen LogP contribution in [-0.2, 0) is 4.74 Å². The second kappa shape index (κ2) is 6.54. The first kappa shape index (κ1) is 15.7. The maximum absolute atomic E-state index is 12.3. The van der Waals surface area contributed by atoms with Gasteiger partial charge in [0.2, 0.25) is 0 Å². The summed E-state index contributed by atoms with van der Waals surface area (Å²) in [6.07, 6.45) is 3.69. The lowest BCUT2D eigenvalue weighted by atomic mass is 10.2. The first-order chi connectivity index (χ1) is 11.6. The van der Waals surface area contributed by atoms with Crippen LogP contribution in [0, 0.1) is 6.92 Å². The van der Waals surface area contributed by atoms with Crippen molar-refractivity contribution in [2.45, 2.75) is 13.8 Å². The summed E-state index contributed by atoms with van der Waals surface area (Å²) in [6, 6.07) is 10.0. The molecule has 6 heteroatoms. The van der Waals surface area contributed by atoms with Crippen molar-refractivity contribution in [1.82, 2.24) is 9.38 Å². The van der Waals surface area contributed by atoms with Crippen LogP contribution in [0.2, 0.25) is 0 Å². The maximum Gasteiger partial charge on any atom is 0.338 e. The number of pyridine rings is 1. The van der Waals surface area contributed by atoms with Gasteiger partial charge in [0.05, 0.1) is 17.9 Å². The molecule has 1 amide bonds. The zero-order chi connectivity index (χ0) is 17.1. The molecule has 0 atom stereocenters. The van der Waals surface area contributed by atoms with Crippen molar-refractivity contribution >= 4 is 23.2 Å². The second-order valence-electron chi connectivity index (χ2n) is 5.32. The molecular formula is C18H17N3O3. The Morgan fingerprint density at radius 3 is 2.62 bits per heavy atom. The Morgan fingerprint density at radius 1 is 1.17 bits per heavy atom. The largest absolute Gasteiger partial charge is 0.462 e. The maximum atomic E-state index is 12.3. The van der Waals surface area contributed by atoms with Crippen LogP contribution >= 0.6 is 0 Å². The highest BCUT2D eigenvalue weighted by atomic mass is 16.5. The molecular weight excluding hydrogens is 306 g/mol. The molecule has 0 saturated heterocycles. The van der Waals surface area contributed by atoms with Gasteiger partial charge in [0.15, 0.2) is 0 Å². The van der Waals surface area contributed by atoms with Crippen molar-refractivity contribution in [2.24, 2.45) is 0 Å². The molecule has 1 aromatic carbocycles. The Bertz CT molecular complexity index is 898. The molecule has 0 bridgehead atoms. The number of aryl methyl sites for hydroxylation is 1. The average Bonchev–Trinajstić information content (AvgIpc) is 2.94. The number of imidazole rings is 1. The molecule has 0 radical (unpaired) electrons. The third-order valence-corrected chi connectivity index (χ3v) is 3.50. The van der Waals surface area contributed by atoms with Crippen molar-refractivity contribution in [1.29, 1.82) is 0 Å². The molecule has 3 rings (SSSR count). The number of nitrogens with one attached hydrogen (secondary N) is 1. The highest BCUT2D eigenvalue weighted by molar-refractivity contribution is 6.05. The van der Waals surface area contributed by atoms with Gasteiger partial charge < -0.3 is 14.5 Å². The number of fused-ring (bicyclic) bond motifs is 1. The van der Waals surface area contributed by atoms with Gasteiger partial charge >= 0.3 is 5.97 Å². The van der Waals surface area contributed by atoms with E-state index in [9.17, 15) is 9.59 Å². The lowest BCUT2D eigenvalue weighted by Crippen LogP contribution is -2.12. The fourth-order valence-corrected chi connectivity index (χ4v) is 2.36. The second-order valence-corrected chi connectivity index (χ2v) is 5.32. The van der Waals surface area contributed by atoms with E-state index in [0.29, 0.717) is 23.4 Å². The molecule has 122 valence electrons. The number of rotatable bonds is 4. The molecule has 0 aliphatic rings. The Balaban J connectivity index is 1.74. The summed E-state index contributed by atoms with van der Waals surface area (Å²) in [5, 5.41) is 2.80. The zero-order valence-electron chi connectivity index (χ0n) is 13.4. The van der Waals surface area contributed by atoms with Crippen LogP contribution in [0.5, 0.6) is 0 Å². The van der Waals surface area contributed by atoms with E-state index < -0.39 is 0 Å². The molecule has 2 aromatic heterocycles. The lowest BCUT2D eigenvalue weighted by Gasteiger charge is -2.07. The number of ether oxygens (including phenoxy) is 1. The third-order valence-electron chi connectivity index (χ3n) is 3.50.